The van der Waals surface area contributed by atoms with E-state index in [1.165, 1.54) is 10.8 Å². The van der Waals surface area contributed by atoms with E-state index in [-0.39, 0.29) is 5.70 Å². The van der Waals surface area contributed by atoms with Gasteiger partial charge in [-0.25, -0.2) is 4.79 Å². The number of hydrogen-bond donors (Lipinski definition) is 1. The van der Waals surface area contributed by atoms with E-state index in [1.54, 1.807) is 31.5 Å². The Bertz CT molecular complexity index is 301. The largest absolute Gasteiger partial charge is 0.499 e. The number of rotatable bonds is 4. The minimum atomic E-state index is -1.01. The highest BCUT2D eigenvalue weighted by Gasteiger charge is 2.08. The van der Waals surface area contributed by atoms with Gasteiger partial charge in [-0.15, -0.1) is 0 Å². The second kappa shape index (κ2) is 4.35. The summed E-state index contributed by atoms with van der Waals surface area (Å²) >= 11 is 0. The first-order valence-corrected chi connectivity index (χ1v) is 3.94. The van der Waals surface area contributed by atoms with E-state index in [4.69, 9.17) is 9.84 Å². The zero-order valence-corrected chi connectivity index (χ0v) is 7.30. The molecular formula is C9H11NO3. The molecule has 0 aromatic carbocycles. The van der Waals surface area contributed by atoms with Crippen molar-refractivity contribution in [2.24, 2.45) is 0 Å². The first-order valence-electron chi connectivity index (χ1n) is 3.94. The molecule has 0 amide bonds. The van der Waals surface area contributed by atoms with Gasteiger partial charge >= 0.3 is 5.97 Å². The first kappa shape index (κ1) is 9.38. The molecule has 0 saturated carbocycles. The van der Waals surface area contributed by atoms with Gasteiger partial charge in [0.2, 0.25) is 0 Å². The standard InChI is InChI=1S/C9H11NO3/c1-2-13-7-8(9(11)12)10-5-3-4-6-10/h3-7H,2H2,1H3,(H,11,12). The van der Waals surface area contributed by atoms with Crippen LogP contribution in [0.2, 0.25) is 0 Å². The molecule has 1 aromatic rings. The highest BCUT2D eigenvalue weighted by atomic mass is 16.5. The molecule has 0 atom stereocenters. The fraction of sp³-hybridized carbons (Fsp3) is 0.222. The zero-order chi connectivity index (χ0) is 9.68. The Morgan fingerprint density at radius 3 is 2.62 bits per heavy atom. The van der Waals surface area contributed by atoms with Crippen LogP contribution in [0.15, 0.2) is 30.8 Å². The lowest BCUT2D eigenvalue weighted by atomic mass is 10.5. The molecule has 1 rings (SSSR count). The molecule has 0 saturated heterocycles. The maximum atomic E-state index is 10.7. The van der Waals surface area contributed by atoms with Gasteiger partial charge in [0, 0.05) is 12.4 Å². The normalized spacial score (nSPS) is 11.3. The topological polar surface area (TPSA) is 51.5 Å². The summed E-state index contributed by atoms with van der Waals surface area (Å²) in [4.78, 5) is 10.7. The van der Waals surface area contributed by atoms with Crippen LogP contribution in [0.4, 0.5) is 0 Å². The Balaban J connectivity index is 2.87. The van der Waals surface area contributed by atoms with Gasteiger partial charge in [0.25, 0.3) is 0 Å². The molecule has 4 heteroatoms. The van der Waals surface area contributed by atoms with Crippen LogP contribution >= 0.6 is 0 Å². The van der Waals surface area contributed by atoms with Crippen LogP contribution in [-0.2, 0) is 9.53 Å². The molecule has 70 valence electrons. The van der Waals surface area contributed by atoms with E-state index >= 15 is 0 Å². The summed E-state index contributed by atoms with van der Waals surface area (Å²) in [5, 5.41) is 8.80. The molecule has 4 nitrogen and oxygen atoms in total. The number of aliphatic carboxylic acids is 1. The average Bonchev–Trinajstić information content (AvgIpc) is 2.57. The Morgan fingerprint density at radius 1 is 1.54 bits per heavy atom. The summed E-state index contributed by atoms with van der Waals surface area (Å²) in [5.74, 6) is -1.01. The van der Waals surface area contributed by atoms with Crippen molar-refractivity contribution in [1.29, 1.82) is 0 Å². The van der Waals surface area contributed by atoms with Crippen molar-refractivity contribution in [3.05, 3.63) is 30.8 Å². The fourth-order valence-corrected chi connectivity index (χ4v) is 0.879. The SMILES string of the molecule is CCOC=C(C(=O)O)n1cccc1. The number of hydrogen-bond acceptors (Lipinski definition) is 2. The van der Waals surface area contributed by atoms with Crippen molar-refractivity contribution < 1.29 is 14.6 Å². The third-order valence-electron chi connectivity index (χ3n) is 1.46. The van der Waals surface area contributed by atoms with Crippen LogP contribution in [0.3, 0.4) is 0 Å². The third-order valence-corrected chi connectivity index (χ3v) is 1.46. The Morgan fingerprint density at radius 2 is 2.15 bits per heavy atom. The number of aromatic nitrogens is 1. The minimum Gasteiger partial charge on any atom is -0.499 e. The van der Waals surface area contributed by atoms with Crippen LogP contribution in [-0.4, -0.2) is 22.2 Å². The summed E-state index contributed by atoms with van der Waals surface area (Å²) in [6.07, 6.45) is 4.54. The highest BCUT2D eigenvalue weighted by Crippen LogP contribution is 2.05. The lowest BCUT2D eigenvalue weighted by molar-refractivity contribution is -0.130. The molecule has 0 spiro atoms. The van der Waals surface area contributed by atoms with E-state index < -0.39 is 5.97 Å². The molecule has 0 unspecified atom stereocenters. The van der Waals surface area contributed by atoms with E-state index in [9.17, 15) is 4.79 Å². The molecule has 0 aliphatic rings. The van der Waals surface area contributed by atoms with Gasteiger partial charge in [0.05, 0.1) is 6.61 Å². The van der Waals surface area contributed by atoms with Crippen molar-refractivity contribution in [3.8, 4) is 0 Å². The summed E-state index contributed by atoms with van der Waals surface area (Å²) in [5.41, 5.74) is 0.104. The Kier molecular flexibility index (Phi) is 3.14. The van der Waals surface area contributed by atoms with Crippen LogP contribution in [0, 0.1) is 0 Å². The summed E-state index contributed by atoms with van der Waals surface area (Å²) in [7, 11) is 0. The van der Waals surface area contributed by atoms with Crippen LogP contribution in [0.1, 0.15) is 6.92 Å². The first-order chi connectivity index (χ1) is 6.25. The lowest BCUT2D eigenvalue weighted by Crippen LogP contribution is -2.06. The number of carbonyl (C=O) groups is 1. The molecule has 0 aliphatic heterocycles. The maximum absolute atomic E-state index is 10.7. The highest BCUT2D eigenvalue weighted by molar-refractivity contribution is 6.08. The summed E-state index contributed by atoms with van der Waals surface area (Å²) < 4.78 is 6.40. The van der Waals surface area contributed by atoms with Crippen molar-refractivity contribution >= 4 is 11.7 Å². The molecule has 1 aromatic heterocycles. The average molecular weight is 181 g/mol. The molecule has 0 bridgehead atoms. The Hall–Kier alpha value is -1.71. The van der Waals surface area contributed by atoms with Crippen molar-refractivity contribution in [1.82, 2.24) is 4.57 Å². The van der Waals surface area contributed by atoms with Gasteiger partial charge in [-0.05, 0) is 19.1 Å². The molecule has 13 heavy (non-hydrogen) atoms. The second-order valence-electron chi connectivity index (χ2n) is 2.35. The predicted octanol–water partition coefficient (Wildman–Crippen LogP) is 1.41. The van der Waals surface area contributed by atoms with Gasteiger partial charge < -0.3 is 14.4 Å². The predicted molar refractivity (Wildman–Crippen MR) is 48.0 cm³/mol. The number of carboxylic acids is 1. The van der Waals surface area contributed by atoms with Gasteiger partial charge in [-0.1, -0.05) is 0 Å². The molecule has 0 aliphatic carbocycles. The van der Waals surface area contributed by atoms with Crippen LogP contribution in [0.25, 0.3) is 5.70 Å². The monoisotopic (exact) mass is 181 g/mol. The van der Waals surface area contributed by atoms with E-state index in [1.807, 2.05) is 0 Å². The molecule has 1 heterocycles. The van der Waals surface area contributed by atoms with E-state index in [0.717, 1.165) is 0 Å². The van der Waals surface area contributed by atoms with Gasteiger partial charge in [-0.3, -0.25) is 0 Å². The number of ether oxygens (including phenoxy) is 1. The zero-order valence-electron chi connectivity index (χ0n) is 7.30. The second-order valence-corrected chi connectivity index (χ2v) is 2.35. The quantitative estimate of drug-likeness (QED) is 0.564. The van der Waals surface area contributed by atoms with Gasteiger partial charge in [0.1, 0.15) is 6.26 Å². The van der Waals surface area contributed by atoms with Crippen molar-refractivity contribution in [3.63, 3.8) is 0 Å². The molecular weight excluding hydrogens is 170 g/mol. The smallest absolute Gasteiger partial charge is 0.356 e. The van der Waals surface area contributed by atoms with E-state index in [0.29, 0.717) is 6.61 Å². The maximum Gasteiger partial charge on any atom is 0.356 e. The summed E-state index contributed by atoms with van der Waals surface area (Å²) in [6.45, 7) is 2.25. The van der Waals surface area contributed by atoms with Gasteiger partial charge in [-0.2, -0.15) is 0 Å². The molecule has 0 fully saturated rings. The number of carboxylic acid groups (broad SMARTS) is 1. The third kappa shape index (κ3) is 2.37. The van der Waals surface area contributed by atoms with Crippen molar-refractivity contribution in [2.45, 2.75) is 6.92 Å². The van der Waals surface area contributed by atoms with E-state index in [2.05, 4.69) is 0 Å². The van der Waals surface area contributed by atoms with Gasteiger partial charge in [0.15, 0.2) is 5.70 Å². The minimum absolute atomic E-state index is 0.104. The Labute approximate surface area is 76.1 Å². The van der Waals surface area contributed by atoms with Crippen molar-refractivity contribution in [2.75, 3.05) is 6.61 Å². The molecule has 1 N–H and O–H groups in total. The molecule has 0 radical (unpaired) electrons. The fourth-order valence-electron chi connectivity index (χ4n) is 0.879. The van der Waals surface area contributed by atoms with Crippen LogP contribution in [0.5, 0.6) is 0 Å². The number of nitrogens with zero attached hydrogens (tertiary/aromatic N) is 1. The summed E-state index contributed by atoms with van der Waals surface area (Å²) in [6, 6.07) is 3.51. The van der Waals surface area contributed by atoms with Crippen LogP contribution < -0.4 is 0 Å². The lowest BCUT2D eigenvalue weighted by Gasteiger charge is -2.03.